The monoisotopic (exact) mass is 268 g/mol. The molecule has 0 bridgehead atoms. The summed E-state index contributed by atoms with van der Waals surface area (Å²) in [5.74, 6) is -0.252. The number of hydrogen-bond acceptors (Lipinski definition) is 5. The molecule has 1 aromatic heterocycles. The first-order valence-corrected chi connectivity index (χ1v) is 7.39. The minimum atomic E-state index is -0.252. The van der Waals surface area contributed by atoms with Gasteiger partial charge in [-0.05, 0) is 25.8 Å². The van der Waals surface area contributed by atoms with Crippen LogP contribution in [0.1, 0.15) is 59.0 Å². The first-order valence-electron chi connectivity index (χ1n) is 6.57. The molecule has 1 saturated heterocycles. The molecule has 2 rings (SSSR count). The quantitative estimate of drug-likeness (QED) is 0.853. The van der Waals surface area contributed by atoms with Gasteiger partial charge in [0.1, 0.15) is 9.88 Å². The Kier molecular flexibility index (Phi) is 4.72. The summed E-state index contributed by atoms with van der Waals surface area (Å²) < 4.78 is 4.84. The number of thiazole rings is 1. The minimum absolute atomic E-state index is 0.252. The second-order valence-corrected chi connectivity index (χ2v) is 5.60. The molecule has 0 radical (unpaired) electrons. The average molecular weight is 268 g/mol. The number of carbonyl (C=O) groups is 1. The summed E-state index contributed by atoms with van der Waals surface area (Å²) >= 11 is 1.49. The Balaban J connectivity index is 2.23. The van der Waals surface area contributed by atoms with Gasteiger partial charge < -0.3 is 10.1 Å². The van der Waals surface area contributed by atoms with Crippen molar-refractivity contribution in [2.24, 2.45) is 0 Å². The number of aryl methyl sites for hydroxylation is 1. The summed E-state index contributed by atoms with van der Waals surface area (Å²) in [7, 11) is 1.43. The zero-order valence-electron chi connectivity index (χ0n) is 11.0. The fourth-order valence-electron chi connectivity index (χ4n) is 2.24. The van der Waals surface area contributed by atoms with Crippen molar-refractivity contribution in [1.82, 2.24) is 10.3 Å². The van der Waals surface area contributed by atoms with Gasteiger partial charge in [0.15, 0.2) is 0 Å². The number of rotatable bonds is 4. The Hall–Kier alpha value is -0.940. The van der Waals surface area contributed by atoms with E-state index in [0.29, 0.717) is 10.9 Å². The molecule has 0 aromatic carbocycles. The molecule has 1 fully saturated rings. The molecule has 1 N–H and O–H groups in total. The van der Waals surface area contributed by atoms with Gasteiger partial charge in [-0.3, -0.25) is 0 Å². The largest absolute Gasteiger partial charge is 0.465 e. The molecule has 0 aliphatic carbocycles. The van der Waals surface area contributed by atoms with E-state index in [0.717, 1.165) is 36.5 Å². The highest BCUT2D eigenvalue weighted by Gasteiger charge is 2.23. The van der Waals surface area contributed by atoms with E-state index in [9.17, 15) is 4.79 Å². The van der Waals surface area contributed by atoms with Crippen LogP contribution >= 0.6 is 11.3 Å². The molecule has 1 unspecified atom stereocenters. The lowest BCUT2D eigenvalue weighted by Gasteiger charge is -2.21. The van der Waals surface area contributed by atoms with Crippen molar-refractivity contribution < 1.29 is 9.53 Å². The van der Waals surface area contributed by atoms with Gasteiger partial charge in [0.25, 0.3) is 0 Å². The lowest BCUT2D eigenvalue weighted by Crippen LogP contribution is -2.26. The summed E-state index contributed by atoms with van der Waals surface area (Å²) in [5.41, 5.74) is 0.900. The molecule has 100 valence electrons. The Labute approximate surface area is 112 Å². The molecule has 0 saturated carbocycles. The first kappa shape index (κ1) is 13.5. The maximum atomic E-state index is 11.7. The topological polar surface area (TPSA) is 51.2 Å². The van der Waals surface area contributed by atoms with Crippen LogP contribution in [0.25, 0.3) is 0 Å². The smallest absolute Gasteiger partial charge is 0.349 e. The fraction of sp³-hybridized carbons (Fsp3) is 0.692. The predicted octanol–water partition coefficient (Wildman–Crippen LogP) is 2.70. The third-order valence-corrected chi connectivity index (χ3v) is 4.37. The summed E-state index contributed by atoms with van der Waals surface area (Å²) in [4.78, 5) is 17.1. The third-order valence-electron chi connectivity index (χ3n) is 3.18. The summed E-state index contributed by atoms with van der Waals surface area (Å²) in [6.07, 6.45) is 5.40. The van der Waals surface area contributed by atoms with Gasteiger partial charge >= 0.3 is 5.97 Å². The van der Waals surface area contributed by atoms with Crippen molar-refractivity contribution in [1.29, 1.82) is 0 Å². The molecular formula is C13H20N2O2S. The minimum Gasteiger partial charge on any atom is -0.465 e. The third kappa shape index (κ3) is 2.90. The lowest BCUT2D eigenvalue weighted by molar-refractivity contribution is 0.0605. The predicted molar refractivity (Wildman–Crippen MR) is 72.0 cm³/mol. The summed E-state index contributed by atoms with van der Waals surface area (Å²) in [6, 6.07) is 0.317. The highest BCUT2D eigenvalue weighted by atomic mass is 32.1. The molecule has 2 heterocycles. The SMILES string of the molecule is CCCc1nc(C2CCCCN2)sc1C(=O)OC. The highest BCUT2D eigenvalue weighted by molar-refractivity contribution is 7.13. The van der Waals surface area contributed by atoms with Gasteiger partial charge in [0, 0.05) is 0 Å². The van der Waals surface area contributed by atoms with Crippen LogP contribution in [0.15, 0.2) is 0 Å². The van der Waals surface area contributed by atoms with Crippen molar-refractivity contribution in [3.05, 3.63) is 15.6 Å². The number of piperidine rings is 1. The first-order chi connectivity index (χ1) is 8.76. The van der Waals surface area contributed by atoms with Crippen molar-refractivity contribution >= 4 is 17.3 Å². The molecule has 0 spiro atoms. The van der Waals surface area contributed by atoms with E-state index in [2.05, 4.69) is 17.2 Å². The van der Waals surface area contributed by atoms with E-state index in [1.54, 1.807) is 0 Å². The average Bonchev–Trinajstić information content (AvgIpc) is 2.83. The lowest BCUT2D eigenvalue weighted by atomic mass is 10.1. The Morgan fingerprint density at radius 1 is 1.56 bits per heavy atom. The molecule has 1 aromatic rings. The number of nitrogens with zero attached hydrogens (tertiary/aromatic N) is 1. The van der Waals surface area contributed by atoms with Crippen LogP contribution < -0.4 is 5.32 Å². The van der Waals surface area contributed by atoms with E-state index >= 15 is 0 Å². The number of hydrogen-bond donors (Lipinski definition) is 1. The van der Waals surface area contributed by atoms with Crippen LogP contribution in [0.3, 0.4) is 0 Å². The van der Waals surface area contributed by atoms with Crippen molar-refractivity contribution in [3.63, 3.8) is 0 Å². The van der Waals surface area contributed by atoms with Crippen LogP contribution in [-0.4, -0.2) is 24.6 Å². The zero-order chi connectivity index (χ0) is 13.0. The Bertz CT molecular complexity index is 411. The van der Waals surface area contributed by atoms with Crippen molar-refractivity contribution in [3.8, 4) is 0 Å². The Morgan fingerprint density at radius 3 is 3.00 bits per heavy atom. The van der Waals surface area contributed by atoms with Gasteiger partial charge in [-0.1, -0.05) is 19.8 Å². The number of esters is 1. The number of carbonyl (C=O) groups excluding carboxylic acids is 1. The maximum Gasteiger partial charge on any atom is 0.349 e. The van der Waals surface area contributed by atoms with Gasteiger partial charge in [-0.2, -0.15) is 0 Å². The fourth-order valence-corrected chi connectivity index (χ4v) is 3.38. The molecule has 0 amide bonds. The van der Waals surface area contributed by atoms with E-state index in [4.69, 9.17) is 4.74 Å². The van der Waals surface area contributed by atoms with Crippen LogP contribution in [0.5, 0.6) is 0 Å². The number of ether oxygens (including phenoxy) is 1. The number of methoxy groups -OCH3 is 1. The van der Waals surface area contributed by atoms with E-state index in [1.165, 1.54) is 31.3 Å². The molecule has 1 aliphatic rings. The summed E-state index contributed by atoms with van der Waals surface area (Å²) in [6.45, 7) is 3.14. The van der Waals surface area contributed by atoms with Gasteiger partial charge in [0.05, 0.1) is 18.8 Å². The van der Waals surface area contributed by atoms with Crippen LogP contribution in [0.4, 0.5) is 0 Å². The molecule has 1 aliphatic heterocycles. The molecule has 4 nitrogen and oxygen atoms in total. The number of aromatic nitrogens is 1. The van der Waals surface area contributed by atoms with E-state index in [1.807, 2.05) is 0 Å². The normalized spacial score (nSPS) is 19.8. The van der Waals surface area contributed by atoms with E-state index in [-0.39, 0.29) is 5.97 Å². The molecule has 18 heavy (non-hydrogen) atoms. The molecule has 5 heteroatoms. The van der Waals surface area contributed by atoms with Gasteiger partial charge in [-0.15, -0.1) is 11.3 Å². The van der Waals surface area contributed by atoms with Crippen molar-refractivity contribution in [2.75, 3.05) is 13.7 Å². The number of nitrogens with one attached hydrogen (secondary N) is 1. The van der Waals surface area contributed by atoms with Gasteiger partial charge in [-0.25, -0.2) is 9.78 Å². The second-order valence-electron chi connectivity index (χ2n) is 4.57. The zero-order valence-corrected chi connectivity index (χ0v) is 11.8. The van der Waals surface area contributed by atoms with E-state index < -0.39 is 0 Å². The standard InChI is InChI=1S/C13H20N2O2S/c1-3-6-9-11(13(16)17-2)18-12(15-9)10-7-4-5-8-14-10/h10,14H,3-8H2,1-2H3. The maximum absolute atomic E-state index is 11.7. The second kappa shape index (κ2) is 6.29. The Morgan fingerprint density at radius 2 is 2.39 bits per heavy atom. The molecule has 1 atom stereocenters. The highest BCUT2D eigenvalue weighted by Crippen LogP contribution is 2.30. The van der Waals surface area contributed by atoms with Crippen LogP contribution in [-0.2, 0) is 11.2 Å². The summed E-state index contributed by atoms with van der Waals surface area (Å²) in [5, 5.41) is 4.51. The van der Waals surface area contributed by atoms with Gasteiger partial charge in [0.2, 0.25) is 0 Å². The van der Waals surface area contributed by atoms with Crippen molar-refractivity contribution in [2.45, 2.75) is 45.1 Å². The van der Waals surface area contributed by atoms with Crippen LogP contribution in [0.2, 0.25) is 0 Å². The van der Waals surface area contributed by atoms with Crippen LogP contribution in [0, 0.1) is 0 Å². The molecular weight excluding hydrogens is 248 g/mol.